The molecular formula is C2H8N2O5. The molecule has 5 N–H and O–H groups in total. The summed E-state index contributed by atoms with van der Waals surface area (Å²) in [6, 6.07) is 0. The summed E-state index contributed by atoms with van der Waals surface area (Å²) in [5.74, 6) is -0.833. The molecule has 0 fully saturated rings. The van der Waals surface area contributed by atoms with Gasteiger partial charge in [0.15, 0.2) is 0 Å². The van der Waals surface area contributed by atoms with Gasteiger partial charge in [0.05, 0.1) is 5.09 Å². The van der Waals surface area contributed by atoms with Gasteiger partial charge in [0.25, 0.3) is 5.97 Å². The molecular weight excluding hydrogens is 132 g/mol. The summed E-state index contributed by atoms with van der Waals surface area (Å²) in [5.41, 5.74) is 0. The third kappa shape index (κ3) is 75.7. The second-order valence-corrected chi connectivity index (χ2v) is 0.743. The highest BCUT2D eigenvalue weighted by Crippen LogP contribution is 1.44. The van der Waals surface area contributed by atoms with E-state index in [1.807, 2.05) is 0 Å². The van der Waals surface area contributed by atoms with Gasteiger partial charge in [-0.3, -0.25) is 4.79 Å². The lowest BCUT2D eigenvalue weighted by atomic mass is 10.9. The van der Waals surface area contributed by atoms with E-state index in [1.54, 1.807) is 0 Å². The zero-order valence-corrected chi connectivity index (χ0v) is 5.03. The van der Waals surface area contributed by atoms with Crippen LogP contribution >= 0.6 is 0 Å². The number of quaternary nitrogens is 1. The number of carbonyl (C=O) groups is 1. The monoisotopic (exact) mass is 140 g/mol. The molecule has 0 aromatic heterocycles. The minimum atomic E-state index is -1.75. The fraction of sp³-hybridized carbons (Fsp3) is 0.500. The highest BCUT2D eigenvalue weighted by Gasteiger charge is 1.65. The van der Waals surface area contributed by atoms with Crippen molar-refractivity contribution in [2.75, 3.05) is 0 Å². The number of carboxylic acids is 1. The molecule has 0 aliphatic carbocycles. The number of hydrogen-bond acceptors (Lipinski definition) is 4. The fourth-order valence-electron chi connectivity index (χ4n) is 0. The SMILES string of the molecule is CC(=O)O.O=[N+]([O-])[O-].[NH4+]. The van der Waals surface area contributed by atoms with Crippen LogP contribution in [0.15, 0.2) is 0 Å². The van der Waals surface area contributed by atoms with Gasteiger partial charge in [-0.1, -0.05) is 0 Å². The zero-order valence-electron chi connectivity index (χ0n) is 5.03. The average Bonchev–Trinajstić information content (AvgIpc) is 1.25. The van der Waals surface area contributed by atoms with Gasteiger partial charge in [-0.25, -0.2) is 0 Å². The van der Waals surface area contributed by atoms with Crippen molar-refractivity contribution in [1.29, 1.82) is 0 Å². The lowest BCUT2D eigenvalue weighted by Crippen LogP contribution is -1.78. The maximum atomic E-state index is 9.00. The van der Waals surface area contributed by atoms with Crippen molar-refractivity contribution in [2.45, 2.75) is 6.92 Å². The van der Waals surface area contributed by atoms with Crippen LogP contribution < -0.4 is 6.15 Å². The lowest BCUT2D eigenvalue weighted by molar-refractivity contribution is -0.402. The van der Waals surface area contributed by atoms with Crippen molar-refractivity contribution in [3.8, 4) is 0 Å². The molecule has 0 aromatic carbocycles. The first-order chi connectivity index (χ1) is 3.46. The zero-order chi connectivity index (χ0) is 7.15. The highest BCUT2D eigenvalue weighted by molar-refractivity contribution is 5.62. The van der Waals surface area contributed by atoms with E-state index in [2.05, 4.69) is 0 Å². The second kappa shape index (κ2) is 9.80. The Morgan fingerprint density at radius 2 is 1.56 bits per heavy atom. The minimum Gasteiger partial charge on any atom is -0.481 e. The van der Waals surface area contributed by atoms with Gasteiger partial charge in [0.1, 0.15) is 0 Å². The number of carboxylic acid groups (broad SMARTS) is 1. The van der Waals surface area contributed by atoms with Crippen molar-refractivity contribution < 1.29 is 15.0 Å². The van der Waals surface area contributed by atoms with E-state index in [9.17, 15) is 0 Å². The van der Waals surface area contributed by atoms with Gasteiger partial charge >= 0.3 is 0 Å². The fourth-order valence-corrected chi connectivity index (χ4v) is 0. The molecule has 0 radical (unpaired) electrons. The molecule has 56 valence electrons. The largest absolute Gasteiger partial charge is 0.481 e. The molecule has 0 amide bonds. The van der Waals surface area contributed by atoms with Crippen LogP contribution in [0.3, 0.4) is 0 Å². The quantitative estimate of drug-likeness (QED) is 0.366. The third-order valence-electron chi connectivity index (χ3n) is 0. The molecule has 0 saturated heterocycles. The van der Waals surface area contributed by atoms with Crippen LogP contribution in [0.4, 0.5) is 0 Å². The summed E-state index contributed by atoms with van der Waals surface area (Å²) in [7, 11) is 0. The third-order valence-corrected chi connectivity index (χ3v) is 0. The van der Waals surface area contributed by atoms with Crippen molar-refractivity contribution in [3.05, 3.63) is 15.3 Å². The predicted molar refractivity (Wildman–Crippen MR) is 29.7 cm³/mol. The summed E-state index contributed by atoms with van der Waals surface area (Å²) < 4.78 is 0. The van der Waals surface area contributed by atoms with Crippen LogP contribution in [0.2, 0.25) is 0 Å². The van der Waals surface area contributed by atoms with E-state index in [-0.39, 0.29) is 6.15 Å². The molecule has 0 atom stereocenters. The van der Waals surface area contributed by atoms with E-state index in [0.29, 0.717) is 0 Å². The first kappa shape index (κ1) is 15.6. The Labute approximate surface area is 50.6 Å². The molecule has 0 unspecified atom stereocenters. The number of aliphatic carboxylic acids is 1. The van der Waals surface area contributed by atoms with Crippen molar-refractivity contribution >= 4 is 5.97 Å². The van der Waals surface area contributed by atoms with Crippen LogP contribution in [-0.2, 0) is 4.79 Å². The van der Waals surface area contributed by atoms with Crippen LogP contribution in [-0.4, -0.2) is 16.2 Å². The molecule has 0 saturated carbocycles. The Hall–Kier alpha value is -1.37. The van der Waals surface area contributed by atoms with Gasteiger partial charge in [0, 0.05) is 6.92 Å². The standard InChI is InChI=1S/C2H4O2.NO3.H3N/c1-2(3)4;2-1(3)4;/h1H3,(H,3,4);;1H3/q;-1;/p+1. The van der Waals surface area contributed by atoms with Gasteiger partial charge in [-0.15, -0.1) is 0 Å². The predicted octanol–water partition coefficient (Wildman–Crippen LogP) is 0.228. The Morgan fingerprint density at radius 1 is 1.56 bits per heavy atom. The van der Waals surface area contributed by atoms with Crippen LogP contribution in [0.5, 0.6) is 0 Å². The van der Waals surface area contributed by atoms with E-state index in [1.165, 1.54) is 0 Å². The Bertz CT molecular complexity index is 71.0. The number of hydrogen-bond donors (Lipinski definition) is 2. The lowest BCUT2D eigenvalue weighted by Gasteiger charge is -1.74. The molecule has 0 bridgehead atoms. The first-order valence-corrected chi connectivity index (χ1v) is 1.48. The van der Waals surface area contributed by atoms with Crippen molar-refractivity contribution in [1.82, 2.24) is 6.15 Å². The summed E-state index contributed by atoms with van der Waals surface area (Å²) in [5, 5.41) is 22.2. The molecule has 9 heavy (non-hydrogen) atoms. The van der Waals surface area contributed by atoms with E-state index >= 15 is 0 Å². The Balaban J connectivity index is -0.0000000720. The number of nitrogens with zero attached hydrogens (tertiary/aromatic N) is 1. The number of rotatable bonds is 0. The summed E-state index contributed by atoms with van der Waals surface area (Å²) in [6.07, 6.45) is 0. The summed E-state index contributed by atoms with van der Waals surface area (Å²) in [4.78, 5) is 17.2. The second-order valence-electron chi connectivity index (χ2n) is 0.743. The molecule has 7 nitrogen and oxygen atoms in total. The maximum Gasteiger partial charge on any atom is 0.300 e. The van der Waals surface area contributed by atoms with E-state index in [0.717, 1.165) is 6.92 Å². The van der Waals surface area contributed by atoms with Gasteiger partial charge in [0.2, 0.25) is 0 Å². The van der Waals surface area contributed by atoms with E-state index < -0.39 is 11.1 Å². The minimum absolute atomic E-state index is 0. The van der Waals surface area contributed by atoms with Crippen molar-refractivity contribution in [2.24, 2.45) is 0 Å². The molecule has 0 rings (SSSR count). The smallest absolute Gasteiger partial charge is 0.300 e. The maximum absolute atomic E-state index is 9.00. The van der Waals surface area contributed by atoms with E-state index in [4.69, 9.17) is 25.2 Å². The molecule has 0 aromatic rings. The van der Waals surface area contributed by atoms with Crippen LogP contribution in [0.25, 0.3) is 0 Å². The molecule has 0 aliphatic heterocycles. The molecule has 0 spiro atoms. The molecule has 0 heterocycles. The molecule has 7 heteroatoms. The summed E-state index contributed by atoms with van der Waals surface area (Å²) in [6.45, 7) is 1.08. The van der Waals surface area contributed by atoms with Crippen molar-refractivity contribution in [3.63, 3.8) is 0 Å². The van der Waals surface area contributed by atoms with Gasteiger partial charge < -0.3 is 26.6 Å². The van der Waals surface area contributed by atoms with Crippen LogP contribution in [0, 0.1) is 15.3 Å². The Morgan fingerprint density at radius 3 is 1.56 bits per heavy atom. The normalized spacial score (nSPS) is 5.44. The topological polar surface area (TPSA) is 140 Å². The van der Waals surface area contributed by atoms with Gasteiger partial charge in [-0.05, 0) is 0 Å². The first-order valence-electron chi connectivity index (χ1n) is 1.48. The van der Waals surface area contributed by atoms with Crippen LogP contribution in [0.1, 0.15) is 6.92 Å². The highest BCUT2D eigenvalue weighted by atomic mass is 16.9. The molecule has 0 aliphatic rings. The average molecular weight is 140 g/mol. The van der Waals surface area contributed by atoms with Gasteiger partial charge in [-0.2, -0.15) is 0 Å². The Kier molecular flexibility index (Phi) is 17.0. The summed E-state index contributed by atoms with van der Waals surface area (Å²) >= 11 is 0.